The summed E-state index contributed by atoms with van der Waals surface area (Å²) in [6, 6.07) is 7.51. The van der Waals surface area contributed by atoms with Crippen LogP contribution in [0.3, 0.4) is 0 Å². The molecule has 0 spiro atoms. The van der Waals surface area contributed by atoms with E-state index in [2.05, 4.69) is 0 Å². The van der Waals surface area contributed by atoms with Crippen LogP contribution in [-0.4, -0.2) is 37.5 Å². The van der Waals surface area contributed by atoms with Gasteiger partial charge in [0.2, 0.25) is 0 Å². The van der Waals surface area contributed by atoms with E-state index >= 15 is 0 Å². The van der Waals surface area contributed by atoms with Crippen molar-refractivity contribution in [1.29, 1.82) is 0 Å². The smallest absolute Gasteiger partial charge is 0.302 e. The number of esters is 1. The number of hydrogen-bond acceptors (Lipinski definition) is 5. The van der Waals surface area contributed by atoms with E-state index in [0.29, 0.717) is 13.0 Å². The minimum atomic E-state index is -0.351. The molecule has 19 heavy (non-hydrogen) atoms. The first kappa shape index (κ1) is 15.5. The molecule has 0 bridgehead atoms. The van der Waals surface area contributed by atoms with Gasteiger partial charge < -0.3 is 19.3 Å². The quantitative estimate of drug-likeness (QED) is 0.724. The third-order valence-corrected chi connectivity index (χ3v) is 2.57. The molecule has 1 aromatic rings. The molecule has 0 unspecified atom stereocenters. The zero-order valence-corrected chi connectivity index (χ0v) is 11.3. The minimum absolute atomic E-state index is 0.00541. The van der Waals surface area contributed by atoms with Crippen molar-refractivity contribution < 1.29 is 24.1 Å². The predicted molar refractivity (Wildman–Crippen MR) is 69.9 cm³/mol. The SMILES string of the molecule is COc1ccc(CO[C@H](CCO)COC(C)=O)cc1. The maximum absolute atomic E-state index is 10.7. The molecular formula is C14H20O5. The fourth-order valence-corrected chi connectivity index (χ4v) is 1.50. The highest BCUT2D eigenvalue weighted by Crippen LogP contribution is 2.13. The first-order valence-corrected chi connectivity index (χ1v) is 6.14. The average molecular weight is 268 g/mol. The molecule has 0 saturated carbocycles. The van der Waals surface area contributed by atoms with Crippen LogP contribution in [0.5, 0.6) is 5.75 Å². The Kier molecular flexibility index (Phi) is 6.92. The van der Waals surface area contributed by atoms with E-state index < -0.39 is 0 Å². The van der Waals surface area contributed by atoms with Gasteiger partial charge in [0.25, 0.3) is 0 Å². The Balaban J connectivity index is 2.42. The van der Waals surface area contributed by atoms with Gasteiger partial charge in [-0.15, -0.1) is 0 Å². The van der Waals surface area contributed by atoms with E-state index in [1.54, 1.807) is 7.11 Å². The monoisotopic (exact) mass is 268 g/mol. The van der Waals surface area contributed by atoms with Crippen molar-refractivity contribution in [2.75, 3.05) is 20.3 Å². The molecule has 1 N–H and O–H groups in total. The van der Waals surface area contributed by atoms with Gasteiger partial charge in [-0.25, -0.2) is 0 Å². The lowest BCUT2D eigenvalue weighted by molar-refractivity contribution is -0.146. The molecule has 0 aromatic heterocycles. The zero-order chi connectivity index (χ0) is 14.1. The first-order valence-electron chi connectivity index (χ1n) is 6.14. The molecule has 0 amide bonds. The summed E-state index contributed by atoms with van der Waals surface area (Å²) >= 11 is 0. The Hall–Kier alpha value is -1.59. The average Bonchev–Trinajstić information content (AvgIpc) is 2.42. The fourth-order valence-electron chi connectivity index (χ4n) is 1.50. The van der Waals surface area contributed by atoms with E-state index in [-0.39, 0.29) is 25.3 Å². The molecule has 106 valence electrons. The summed E-state index contributed by atoms with van der Waals surface area (Å²) in [6.45, 7) is 1.90. The molecule has 0 radical (unpaired) electrons. The van der Waals surface area contributed by atoms with Gasteiger partial charge in [0.05, 0.1) is 19.8 Å². The Labute approximate surface area is 113 Å². The number of rotatable bonds is 8. The van der Waals surface area contributed by atoms with E-state index in [4.69, 9.17) is 19.3 Å². The number of aliphatic hydroxyl groups is 1. The molecule has 5 heteroatoms. The Morgan fingerprint density at radius 1 is 1.32 bits per heavy atom. The second kappa shape index (κ2) is 8.50. The summed E-state index contributed by atoms with van der Waals surface area (Å²) in [5, 5.41) is 8.93. The van der Waals surface area contributed by atoms with Crippen LogP contribution in [0, 0.1) is 0 Å². The zero-order valence-electron chi connectivity index (χ0n) is 11.3. The van der Waals surface area contributed by atoms with Crippen LogP contribution in [-0.2, 0) is 20.9 Å². The summed E-state index contributed by atoms with van der Waals surface area (Å²) in [7, 11) is 1.61. The van der Waals surface area contributed by atoms with Gasteiger partial charge in [-0.05, 0) is 17.7 Å². The number of hydrogen-bond donors (Lipinski definition) is 1. The number of methoxy groups -OCH3 is 1. The summed E-state index contributed by atoms with van der Waals surface area (Å²) < 4.78 is 15.6. The van der Waals surface area contributed by atoms with Crippen molar-refractivity contribution in [3.05, 3.63) is 29.8 Å². The molecule has 1 rings (SSSR count). The normalized spacial score (nSPS) is 11.9. The largest absolute Gasteiger partial charge is 0.497 e. The second-order valence-corrected chi connectivity index (χ2v) is 4.10. The van der Waals surface area contributed by atoms with Crippen LogP contribution in [0.1, 0.15) is 18.9 Å². The number of aliphatic hydroxyl groups excluding tert-OH is 1. The molecule has 1 aromatic carbocycles. The van der Waals surface area contributed by atoms with Gasteiger partial charge in [0, 0.05) is 20.0 Å². The van der Waals surface area contributed by atoms with Crippen LogP contribution in [0.2, 0.25) is 0 Å². The Bertz CT molecular complexity index is 374. The number of carbonyl (C=O) groups excluding carboxylic acids is 1. The van der Waals surface area contributed by atoms with Gasteiger partial charge >= 0.3 is 5.97 Å². The summed E-state index contributed by atoms with van der Waals surface area (Å²) in [4.78, 5) is 10.7. The maximum Gasteiger partial charge on any atom is 0.302 e. The maximum atomic E-state index is 10.7. The molecule has 1 atom stereocenters. The van der Waals surface area contributed by atoms with E-state index in [9.17, 15) is 4.79 Å². The highest BCUT2D eigenvalue weighted by atomic mass is 16.6. The standard InChI is InChI=1S/C14H20O5/c1-11(16)18-10-14(7-8-15)19-9-12-3-5-13(17-2)6-4-12/h3-6,14-15H,7-10H2,1-2H3/t14-/m1/s1. The predicted octanol–water partition coefficient (Wildman–Crippen LogP) is 1.53. The second-order valence-electron chi connectivity index (χ2n) is 4.10. The van der Waals surface area contributed by atoms with Crippen LogP contribution < -0.4 is 4.74 Å². The third-order valence-electron chi connectivity index (χ3n) is 2.57. The highest BCUT2D eigenvalue weighted by Gasteiger charge is 2.11. The van der Waals surface area contributed by atoms with Gasteiger partial charge in [-0.3, -0.25) is 4.79 Å². The van der Waals surface area contributed by atoms with Crippen molar-refractivity contribution in [3.63, 3.8) is 0 Å². The van der Waals surface area contributed by atoms with E-state index in [0.717, 1.165) is 11.3 Å². The molecule has 0 aliphatic heterocycles. The van der Waals surface area contributed by atoms with Crippen molar-refractivity contribution in [3.8, 4) is 5.75 Å². The van der Waals surface area contributed by atoms with Crippen molar-refractivity contribution >= 4 is 5.97 Å². The van der Waals surface area contributed by atoms with E-state index in [1.165, 1.54) is 6.92 Å². The lowest BCUT2D eigenvalue weighted by Gasteiger charge is -2.16. The van der Waals surface area contributed by atoms with Gasteiger partial charge in [-0.2, -0.15) is 0 Å². The Morgan fingerprint density at radius 3 is 2.53 bits per heavy atom. The highest BCUT2D eigenvalue weighted by molar-refractivity contribution is 5.65. The van der Waals surface area contributed by atoms with E-state index in [1.807, 2.05) is 24.3 Å². The van der Waals surface area contributed by atoms with Crippen molar-refractivity contribution in [2.45, 2.75) is 26.1 Å². The number of ether oxygens (including phenoxy) is 3. The molecule has 5 nitrogen and oxygen atoms in total. The van der Waals surface area contributed by atoms with Crippen LogP contribution in [0.4, 0.5) is 0 Å². The van der Waals surface area contributed by atoms with Gasteiger partial charge in [0.1, 0.15) is 12.4 Å². The van der Waals surface area contributed by atoms with Crippen LogP contribution >= 0.6 is 0 Å². The molecule has 0 saturated heterocycles. The lowest BCUT2D eigenvalue weighted by atomic mass is 10.2. The molecule has 0 aliphatic carbocycles. The third kappa shape index (κ3) is 6.22. The van der Waals surface area contributed by atoms with Crippen molar-refractivity contribution in [1.82, 2.24) is 0 Å². The molecular weight excluding hydrogens is 248 g/mol. The van der Waals surface area contributed by atoms with Gasteiger partial charge in [0.15, 0.2) is 0 Å². The summed E-state index contributed by atoms with van der Waals surface area (Å²) in [5.41, 5.74) is 0.992. The van der Waals surface area contributed by atoms with Crippen molar-refractivity contribution in [2.24, 2.45) is 0 Å². The number of benzene rings is 1. The minimum Gasteiger partial charge on any atom is -0.497 e. The topological polar surface area (TPSA) is 65.0 Å². The molecule has 0 fully saturated rings. The van der Waals surface area contributed by atoms with Crippen LogP contribution in [0.15, 0.2) is 24.3 Å². The van der Waals surface area contributed by atoms with Gasteiger partial charge in [-0.1, -0.05) is 12.1 Å². The van der Waals surface area contributed by atoms with Crippen LogP contribution in [0.25, 0.3) is 0 Å². The fraction of sp³-hybridized carbons (Fsp3) is 0.500. The summed E-state index contributed by atoms with van der Waals surface area (Å²) in [6.07, 6.45) is 0.139. The first-order chi connectivity index (χ1) is 9.15. The number of carbonyl (C=O) groups is 1. The molecule has 0 aliphatic rings. The summed E-state index contributed by atoms with van der Waals surface area (Å²) in [5.74, 6) is 0.437. The Morgan fingerprint density at radius 2 is 2.00 bits per heavy atom. The lowest BCUT2D eigenvalue weighted by Crippen LogP contribution is -2.22. The molecule has 0 heterocycles.